The van der Waals surface area contributed by atoms with E-state index in [0.29, 0.717) is 12.5 Å². The molecule has 162 valence electrons. The van der Waals surface area contributed by atoms with Crippen LogP contribution in [0.5, 0.6) is 0 Å². The maximum atomic E-state index is 4.78. The van der Waals surface area contributed by atoms with Crippen LogP contribution in [0.25, 0.3) is 0 Å². The number of aliphatic imine (C=N–C) groups is 1. The summed E-state index contributed by atoms with van der Waals surface area (Å²) in [6, 6.07) is 14.9. The molecule has 2 aromatic heterocycles. The van der Waals surface area contributed by atoms with Crippen molar-refractivity contribution in [2.45, 2.75) is 39.8 Å². The number of aryl methyl sites for hydroxylation is 1. The molecule has 0 spiro atoms. The average Bonchev–Trinajstić information content (AvgIpc) is 3.35. The number of hydrogen-bond acceptors (Lipinski definition) is 4. The van der Waals surface area contributed by atoms with Gasteiger partial charge < -0.3 is 15.2 Å². The van der Waals surface area contributed by atoms with Crippen LogP contribution in [0.2, 0.25) is 0 Å². The molecule has 0 saturated carbocycles. The molecule has 30 heavy (non-hydrogen) atoms. The summed E-state index contributed by atoms with van der Waals surface area (Å²) < 4.78 is 1.97. The van der Waals surface area contributed by atoms with Crippen LogP contribution in [0, 0.1) is 12.8 Å². The highest BCUT2D eigenvalue weighted by Crippen LogP contribution is 2.14. The summed E-state index contributed by atoms with van der Waals surface area (Å²) in [6.45, 7) is 7.68. The van der Waals surface area contributed by atoms with Crippen LogP contribution in [0.15, 0.2) is 52.8 Å². The van der Waals surface area contributed by atoms with E-state index < -0.39 is 0 Å². The third kappa shape index (κ3) is 7.09. The molecule has 1 aromatic carbocycles. The molecule has 0 aliphatic rings. The summed E-state index contributed by atoms with van der Waals surface area (Å²) in [5.74, 6) is 3.03. The van der Waals surface area contributed by atoms with Crippen LogP contribution in [0.4, 0.5) is 0 Å². The van der Waals surface area contributed by atoms with Crippen molar-refractivity contribution in [3.8, 4) is 0 Å². The van der Waals surface area contributed by atoms with Gasteiger partial charge in [0.1, 0.15) is 12.4 Å². The first kappa shape index (κ1) is 24.3. The number of thiophene rings is 1. The summed E-state index contributed by atoms with van der Waals surface area (Å²) in [4.78, 5) is 6.19. The van der Waals surface area contributed by atoms with E-state index >= 15 is 0 Å². The summed E-state index contributed by atoms with van der Waals surface area (Å²) in [5.41, 5.74) is 1.23. The van der Waals surface area contributed by atoms with Crippen LogP contribution >= 0.6 is 35.3 Å². The summed E-state index contributed by atoms with van der Waals surface area (Å²) >= 11 is 1.81. The zero-order valence-corrected chi connectivity index (χ0v) is 21.1. The lowest BCUT2D eigenvalue weighted by Gasteiger charge is -2.20. The van der Waals surface area contributed by atoms with Crippen LogP contribution in [-0.4, -0.2) is 27.3 Å². The molecule has 0 fully saturated rings. The van der Waals surface area contributed by atoms with Gasteiger partial charge in [-0.2, -0.15) is 0 Å². The highest BCUT2D eigenvalue weighted by Gasteiger charge is 2.11. The molecule has 0 amide bonds. The fourth-order valence-corrected chi connectivity index (χ4v) is 3.91. The molecule has 0 bridgehead atoms. The maximum absolute atomic E-state index is 4.78. The third-order valence-electron chi connectivity index (χ3n) is 4.96. The molecule has 2 N–H and O–H groups in total. The van der Waals surface area contributed by atoms with E-state index in [1.54, 1.807) is 0 Å². The molecule has 0 saturated heterocycles. The van der Waals surface area contributed by atoms with Crippen molar-refractivity contribution >= 4 is 41.3 Å². The van der Waals surface area contributed by atoms with Gasteiger partial charge in [-0.05, 0) is 43.2 Å². The van der Waals surface area contributed by atoms with E-state index in [1.807, 2.05) is 35.9 Å². The minimum atomic E-state index is 0. The van der Waals surface area contributed by atoms with Gasteiger partial charge in [0.25, 0.3) is 0 Å². The van der Waals surface area contributed by atoms with E-state index in [4.69, 9.17) is 4.99 Å². The number of rotatable bonds is 8. The van der Waals surface area contributed by atoms with Gasteiger partial charge in [-0.1, -0.05) is 43.3 Å². The maximum Gasteiger partial charge on any atom is 0.192 e. The average molecular weight is 539 g/mol. The fraction of sp³-hybridized carbons (Fsp3) is 0.409. The van der Waals surface area contributed by atoms with Crippen molar-refractivity contribution in [1.29, 1.82) is 0 Å². The van der Waals surface area contributed by atoms with E-state index in [1.165, 1.54) is 10.4 Å². The normalized spacial score (nSPS) is 13.4. The van der Waals surface area contributed by atoms with E-state index in [2.05, 4.69) is 76.5 Å². The molecule has 3 aromatic rings. The Morgan fingerprint density at radius 3 is 2.53 bits per heavy atom. The second-order valence-corrected chi connectivity index (χ2v) is 8.47. The molecular weight excluding hydrogens is 507 g/mol. The largest absolute Gasteiger partial charge is 0.356 e. The highest BCUT2D eigenvalue weighted by atomic mass is 127. The number of hydrogen-bond donors (Lipinski definition) is 2. The van der Waals surface area contributed by atoms with E-state index in [-0.39, 0.29) is 30.0 Å². The Morgan fingerprint density at radius 2 is 1.90 bits per heavy atom. The monoisotopic (exact) mass is 538 g/mol. The smallest absolute Gasteiger partial charge is 0.192 e. The molecule has 0 aliphatic carbocycles. The standard InChI is InChI=1S/C22H30N6S.HI/c1-16(13-20-11-8-12-29-20)14-23-22(24-15-21-27-26-18(3)28(21)4)25-17(2)19-9-6-5-7-10-19;/h5-12,16-17H,13-15H2,1-4H3,(H2,23,24,25);1H. The van der Waals surface area contributed by atoms with Crippen LogP contribution in [0.1, 0.15) is 42.0 Å². The molecule has 2 unspecified atom stereocenters. The SMILES string of the molecule is Cc1nnc(CN=C(NCC(C)Cc2cccs2)NC(C)c2ccccc2)n1C.I. The number of halogens is 1. The first-order valence-corrected chi connectivity index (χ1v) is 10.9. The molecule has 3 rings (SSSR count). The van der Waals surface area contributed by atoms with Crippen LogP contribution in [-0.2, 0) is 20.0 Å². The number of nitrogens with zero attached hydrogens (tertiary/aromatic N) is 4. The van der Waals surface area contributed by atoms with Crippen molar-refractivity contribution in [2.75, 3.05) is 6.54 Å². The Balaban J connectivity index is 0.00000320. The Hall–Kier alpha value is -1.94. The predicted octanol–water partition coefficient (Wildman–Crippen LogP) is 4.48. The molecule has 0 aliphatic heterocycles. The van der Waals surface area contributed by atoms with Crippen molar-refractivity contribution in [1.82, 2.24) is 25.4 Å². The van der Waals surface area contributed by atoms with Crippen molar-refractivity contribution in [3.63, 3.8) is 0 Å². The van der Waals surface area contributed by atoms with E-state index in [9.17, 15) is 0 Å². The number of guanidine groups is 1. The van der Waals surface area contributed by atoms with Gasteiger partial charge in [-0.25, -0.2) is 4.99 Å². The molecule has 8 heteroatoms. The van der Waals surface area contributed by atoms with Crippen molar-refractivity contribution < 1.29 is 0 Å². The molecule has 2 heterocycles. The molecule has 6 nitrogen and oxygen atoms in total. The Kier molecular flexibility index (Phi) is 9.77. The van der Waals surface area contributed by atoms with Gasteiger partial charge in [0, 0.05) is 18.5 Å². The molecule has 0 radical (unpaired) electrons. The molecule has 2 atom stereocenters. The first-order chi connectivity index (χ1) is 14.0. The quantitative estimate of drug-likeness (QED) is 0.252. The van der Waals surface area contributed by atoms with Crippen LogP contribution < -0.4 is 10.6 Å². The van der Waals surface area contributed by atoms with Gasteiger partial charge in [-0.15, -0.1) is 45.5 Å². The number of aromatic nitrogens is 3. The summed E-state index contributed by atoms with van der Waals surface area (Å²) in [5, 5.41) is 17.5. The van der Waals surface area contributed by atoms with Crippen molar-refractivity contribution in [2.24, 2.45) is 18.0 Å². The van der Waals surface area contributed by atoms with E-state index in [0.717, 1.165) is 30.6 Å². The second kappa shape index (κ2) is 12.0. The third-order valence-corrected chi connectivity index (χ3v) is 5.86. The Morgan fingerprint density at radius 1 is 1.13 bits per heavy atom. The van der Waals surface area contributed by atoms with Gasteiger partial charge in [0.2, 0.25) is 0 Å². The predicted molar refractivity (Wildman–Crippen MR) is 135 cm³/mol. The minimum Gasteiger partial charge on any atom is -0.356 e. The van der Waals surface area contributed by atoms with Gasteiger partial charge in [0.05, 0.1) is 6.04 Å². The topological polar surface area (TPSA) is 67.1 Å². The lowest BCUT2D eigenvalue weighted by Crippen LogP contribution is -2.41. The Labute approximate surface area is 200 Å². The Bertz CT molecular complexity index is 907. The number of nitrogens with one attached hydrogen (secondary N) is 2. The zero-order chi connectivity index (χ0) is 20.6. The van der Waals surface area contributed by atoms with Gasteiger partial charge in [-0.3, -0.25) is 0 Å². The molecular formula is C22H31IN6S. The minimum absolute atomic E-state index is 0. The lowest BCUT2D eigenvalue weighted by molar-refractivity contribution is 0.555. The van der Waals surface area contributed by atoms with Crippen LogP contribution in [0.3, 0.4) is 0 Å². The number of benzene rings is 1. The summed E-state index contributed by atoms with van der Waals surface area (Å²) in [6.07, 6.45) is 1.06. The van der Waals surface area contributed by atoms with Crippen molar-refractivity contribution in [3.05, 3.63) is 69.9 Å². The zero-order valence-electron chi connectivity index (χ0n) is 18.0. The van der Waals surface area contributed by atoms with Gasteiger partial charge >= 0.3 is 0 Å². The summed E-state index contributed by atoms with van der Waals surface area (Å²) in [7, 11) is 1.97. The fourth-order valence-electron chi connectivity index (χ4n) is 3.04. The van der Waals surface area contributed by atoms with Gasteiger partial charge in [0.15, 0.2) is 11.8 Å². The first-order valence-electron chi connectivity index (χ1n) is 10.00. The highest BCUT2D eigenvalue weighted by molar-refractivity contribution is 14.0. The lowest BCUT2D eigenvalue weighted by atomic mass is 10.1. The second-order valence-electron chi connectivity index (χ2n) is 7.43.